The molecule has 7 heteroatoms. The van der Waals surface area contributed by atoms with Crippen LogP contribution in [0, 0.1) is 0 Å². The van der Waals surface area contributed by atoms with Gasteiger partial charge in [-0.3, -0.25) is 0 Å². The van der Waals surface area contributed by atoms with Crippen molar-refractivity contribution in [1.82, 2.24) is 9.97 Å². The molecule has 2 rings (SSSR count). The molecule has 0 bridgehead atoms. The van der Waals surface area contributed by atoms with E-state index in [4.69, 9.17) is 16.3 Å². The number of esters is 1. The van der Waals surface area contributed by atoms with Crippen LogP contribution in [0.25, 0.3) is 0 Å². The fourth-order valence-electron chi connectivity index (χ4n) is 1.91. The molecule has 2 N–H and O–H groups in total. The van der Waals surface area contributed by atoms with Crippen molar-refractivity contribution < 1.29 is 14.6 Å². The van der Waals surface area contributed by atoms with E-state index >= 15 is 0 Å². The smallest absolute Gasteiger partial charge is 0.343 e. The normalized spacial score (nSPS) is 11.8. The van der Waals surface area contributed by atoms with Crippen molar-refractivity contribution in [3.8, 4) is 0 Å². The largest absolute Gasteiger partial charge is 0.462 e. The Morgan fingerprint density at radius 1 is 1.41 bits per heavy atom. The number of benzene rings is 1. The maximum atomic E-state index is 11.9. The van der Waals surface area contributed by atoms with Gasteiger partial charge in [-0.25, -0.2) is 9.78 Å². The Morgan fingerprint density at radius 3 is 2.77 bits per heavy atom. The van der Waals surface area contributed by atoms with Crippen molar-refractivity contribution in [2.75, 3.05) is 18.5 Å². The molecule has 0 saturated heterocycles. The number of nitrogens with one attached hydrogen (secondary N) is 1. The van der Waals surface area contributed by atoms with Gasteiger partial charge in [-0.2, -0.15) is 4.98 Å². The average molecular weight is 322 g/mol. The van der Waals surface area contributed by atoms with Crippen LogP contribution in [0.15, 0.2) is 36.5 Å². The van der Waals surface area contributed by atoms with E-state index in [9.17, 15) is 9.90 Å². The monoisotopic (exact) mass is 321 g/mol. The fraction of sp³-hybridized carbons (Fsp3) is 0.267. The molecule has 0 aliphatic rings. The lowest BCUT2D eigenvalue weighted by Gasteiger charge is -2.18. The fourth-order valence-corrected chi connectivity index (χ4v) is 2.05. The van der Waals surface area contributed by atoms with E-state index in [-0.39, 0.29) is 29.9 Å². The van der Waals surface area contributed by atoms with Gasteiger partial charge in [0.1, 0.15) is 11.4 Å². The second-order valence-corrected chi connectivity index (χ2v) is 4.75. The summed E-state index contributed by atoms with van der Waals surface area (Å²) in [5.41, 5.74) is 1.02. The average Bonchev–Trinajstić information content (AvgIpc) is 2.53. The molecule has 1 heterocycles. The van der Waals surface area contributed by atoms with E-state index in [2.05, 4.69) is 15.3 Å². The topological polar surface area (TPSA) is 84.3 Å². The number of aliphatic hydroxyl groups is 1. The minimum atomic E-state index is -0.550. The summed E-state index contributed by atoms with van der Waals surface area (Å²) < 4.78 is 4.96. The molecule has 0 saturated carbocycles. The van der Waals surface area contributed by atoms with E-state index in [1.165, 1.54) is 6.20 Å². The Hall–Kier alpha value is -2.18. The highest BCUT2D eigenvalue weighted by molar-refractivity contribution is 6.28. The number of anilines is 1. The first-order valence-corrected chi connectivity index (χ1v) is 7.15. The standard InChI is InChI=1S/C15H16ClN3O3/c1-2-22-14(21)11-8-17-15(16)19-13(11)18-12(9-20)10-6-4-3-5-7-10/h3-8,12,20H,2,9H2,1H3,(H,17,18,19)/t12-/m1/s1. The van der Waals surface area contributed by atoms with Crippen LogP contribution in [0.5, 0.6) is 0 Å². The van der Waals surface area contributed by atoms with Crippen LogP contribution in [-0.4, -0.2) is 34.3 Å². The zero-order chi connectivity index (χ0) is 15.9. The lowest BCUT2D eigenvalue weighted by molar-refractivity contribution is 0.0526. The third kappa shape index (κ3) is 3.93. The van der Waals surface area contributed by atoms with E-state index in [0.717, 1.165) is 5.56 Å². The molecule has 1 aromatic carbocycles. The number of nitrogens with zero attached hydrogens (tertiary/aromatic N) is 2. The van der Waals surface area contributed by atoms with Gasteiger partial charge in [-0.05, 0) is 24.1 Å². The first-order valence-electron chi connectivity index (χ1n) is 6.77. The Bertz CT molecular complexity index is 637. The predicted octanol–water partition coefficient (Wildman–Crippen LogP) is 2.45. The second kappa shape index (κ2) is 7.72. The summed E-state index contributed by atoms with van der Waals surface area (Å²) in [6.45, 7) is 1.78. The van der Waals surface area contributed by atoms with Crippen molar-refractivity contribution in [2.45, 2.75) is 13.0 Å². The third-order valence-electron chi connectivity index (χ3n) is 2.95. The van der Waals surface area contributed by atoms with Crippen LogP contribution in [-0.2, 0) is 4.74 Å². The Kier molecular flexibility index (Phi) is 5.68. The zero-order valence-electron chi connectivity index (χ0n) is 12.0. The molecule has 0 amide bonds. The van der Waals surface area contributed by atoms with Gasteiger partial charge in [0.25, 0.3) is 0 Å². The Balaban J connectivity index is 2.30. The summed E-state index contributed by atoms with van der Waals surface area (Å²) >= 11 is 5.79. The molecule has 6 nitrogen and oxygen atoms in total. The van der Waals surface area contributed by atoms with Crippen LogP contribution in [0.1, 0.15) is 28.9 Å². The number of rotatable bonds is 6. The van der Waals surface area contributed by atoms with Crippen molar-refractivity contribution in [1.29, 1.82) is 0 Å². The lowest BCUT2D eigenvalue weighted by atomic mass is 10.1. The molecular weight excluding hydrogens is 306 g/mol. The van der Waals surface area contributed by atoms with Crippen LogP contribution in [0.2, 0.25) is 5.28 Å². The minimum Gasteiger partial charge on any atom is -0.462 e. The summed E-state index contributed by atoms with van der Waals surface area (Å²) in [6.07, 6.45) is 1.30. The van der Waals surface area contributed by atoms with E-state index in [1.54, 1.807) is 6.92 Å². The third-order valence-corrected chi connectivity index (χ3v) is 3.13. The molecule has 2 aromatic rings. The quantitative estimate of drug-likeness (QED) is 0.628. The molecule has 22 heavy (non-hydrogen) atoms. The number of hydrogen-bond donors (Lipinski definition) is 2. The molecule has 1 aromatic heterocycles. The highest BCUT2D eigenvalue weighted by Gasteiger charge is 2.19. The van der Waals surface area contributed by atoms with E-state index in [0.29, 0.717) is 0 Å². The first kappa shape index (κ1) is 16.2. The number of carbonyl (C=O) groups is 1. The van der Waals surface area contributed by atoms with Crippen molar-refractivity contribution in [3.63, 3.8) is 0 Å². The predicted molar refractivity (Wildman–Crippen MR) is 82.9 cm³/mol. The van der Waals surface area contributed by atoms with Crippen LogP contribution >= 0.6 is 11.6 Å². The van der Waals surface area contributed by atoms with Gasteiger partial charge in [0.15, 0.2) is 0 Å². The summed E-state index contributed by atoms with van der Waals surface area (Å²) in [6, 6.07) is 8.89. The maximum Gasteiger partial charge on any atom is 0.343 e. The number of halogens is 1. The highest BCUT2D eigenvalue weighted by Crippen LogP contribution is 2.22. The molecule has 0 radical (unpaired) electrons. The van der Waals surface area contributed by atoms with E-state index in [1.807, 2.05) is 30.3 Å². The number of aromatic nitrogens is 2. The van der Waals surface area contributed by atoms with Crippen LogP contribution in [0.4, 0.5) is 5.82 Å². The van der Waals surface area contributed by atoms with Gasteiger partial charge in [0, 0.05) is 6.20 Å². The number of hydrogen-bond acceptors (Lipinski definition) is 6. The number of carbonyl (C=O) groups excluding carboxylic acids is 1. The first-order chi connectivity index (χ1) is 10.7. The molecule has 0 aliphatic heterocycles. The molecule has 0 aliphatic carbocycles. The molecule has 0 fully saturated rings. The lowest BCUT2D eigenvalue weighted by Crippen LogP contribution is -2.19. The molecule has 1 atom stereocenters. The van der Waals surface area contributed by atoms with Gasteiger partial charge in [0.2, 0.25) is 5.28 Å². The Labute approximate surface area is 133 Å². The number of aliphatic hydroxyl groups excluding tert-OH is 1. The zero-order valence-corrected chi connectivity index (χ0v) is 12.7. The summed E-state index contributed by atoms with van der Waals surface area (Å²) in [5.74, 6) is -0.326. The molecule has 0 spiro atoms. The second-order valence-electron chi connectivity index (χ2n) is 4.41. The van der Waals surface area contributed by atoms with Gasteiger partial charge in [-0.1, -0.05) is 30.3 Å². The van der Waals surface area contributed by atoms with Crippen molar-refractivity contribution in [2.24, 2.45) is 0 Å². The number of ether oxygens (including phenoxy) is 1. The SMILES string of the molecule is CCOC(=O)c1cnc(Cl)nc1N[C@H](CO)c1ccccc1. The van der Waals surface area contributed by atoms with Crippen LogP contribution in [0.3, 0.4) is 0 Å². The van der Waals surface area contributed by atoms with Gasteiger partial charge in [0.05, 0.1) is 19.3 Å². The summed E-state index contributed by atoms with van der Waals surface area (Å²) in [7, 11) is 0. The summed E-state index contributed by atoms with van der Waals surface area (Å²) in [5, 5.41) is 12.6. The van der Waals surface area contributed by atoms with Gasteiger partial charge in [-0.15, -0.1) is 0 Å². The van der Waals surface area contributed by atoms with Crippen molar-refractivity contribution >= 4 is 23.4 Å². The minimum absolute atomic E-state index is 0.000278. The highest BCUT2D eigenvalue weighted by atomic mass is 35.5. The summed E-state index contributed by atoms with van der Waals surface area (Å²) in [4.78, 5) is 19.8. The van der Waals surface area contributed by atoms with Crippen molar-refractivity contribution in [3.05, 3.63) is 52.9 Å². The van der Waals surface area contributed by atoms with E-state index < -0.39 is 12.0 Å². The molecule has 0 unspecified atom stereocenters. The molecular formula is C15H16ClN3O3. The van der Waals surface area contributed by atoms with Crippen LogP contribution < -0.4 is 5.32 Å². The Morgan fingerprint density at radius 2 is 2.14 bits per heavy atom. The maximum absolute atomic E-state index is 11.9. The molecule has 116 valence electrons. The van der Waals surface area contributed by atoms with Gasteiger partial charge < -0.3 is 15.2 Å². The van der Waals surface area contributed by atoms with Gasteiger partial charge >= 0.3 is 5.97 Å².